The van der Waals surface area contributed by atoms with Crippen LogP contribution in [0.25, 0.3) is 11.4 Å². The number of carbonyl (C=O) groups excluding carboxylic acids is 1. The molecule has 8 heteroatoms. The van der Waals surface area contributed by atoms with Crippen molar-refractivity contribution >= 4 is 39.3 Å². The molecular weight excluding hydrogens is 404 g/mol. The summed E-state index contributed by atoms with van der Waals surface area (Å²) < 4.78 is 6.10. The first-order valence-electron chi connectivity index (χ1n) is 7.39. The Hall–Kier alpha value is -2.32. The SMILES string of the molecule is COc1ccc(-c2nc(SCC(=O)Nc3ccc(Br)cc3)n[nH]2)cc1. The number of thioether (sulfide) groups is 1. The van der Waals surface area contributed by atoms with Crippen LogP contribution < -0.4 is 10.1 Å². The minimum absolute atomic E-state index is 0.108. The highest BCUT2D eigenvalue weighted by Gasteiger charge is 2.09. The van der Waals surface area contributed by atoms with Gasteiger partial charge in [0.1, 0.15) is 5.75 Å². The summed E-state index contributed by atoms with van der Waals surface area (Å²) in [6, 6.07) is 14.9. The molecule has 128 valence electrons. The molecule has 0 fully saturated rings. The monoisotopic (exact) mass is 418 g/mol. The number of nitrogens with zero attached hydrogens (tertiary/aromatic N) is 2. The standard InChI is InChI=1S/C17H15BrN4O2S/c1-24-14-8-2-11(3-9-14)16-20-17(22-21-16)25-10-15(23)19-13-6-4-12(18)5-7-13/h2-9H,10H2,1H3,(H,19,23)(H,20,21,22). The molecule has 0 aliphatic carbocycles. The second-order valence-corrected chi connectivity index (χ2v) is 6.90. The van der Waals surface area contributed by atoms with Gasteiger partial charge in [0, 0.05) is 15.7 Å². The average Bonchev–Trinajstić information content (AvgIpc) is 3.11. The third-order valence-corrected chi connectivity index (χ3v) is 4.66. The van der Waals surface area contributed by atoms with Gasteiger partial charge in [-0.3, -0.25) is 9.89 Å². The molecule has 0 aliphatic heterocycles. The Morgan fingerprint density at radius 2 is 1.92 bits per heavy atom. The maximum Gasteiger partial charge on any atom is 0.234 e. The predicted molar refractivity (Wildman–Crippen MR) is 102 cm³/mol. The van der Waals surface area contributed by atoms with Crippen LogP contribution in [0.5, 0.6) is 5.75 Å². The van der Waals surface area contributed by atoms with E-state index in [1.54, 1.807) is 7.11 Å². The Morgan fingerprint density at radius 1 is 1.20 bits per heavy atom. The molecule has 0 aliphatic rings. The maximum atomic E-state index is 12.0. The Kier molecular flexibility index (Phi) is 5.72. The predicted octanol–water partition coefficient (Wildman–Crippen LogP) is 3.97. The smallest absolute Gasteiger partial charge is 0.234 e. The van der Waals surface area contributed by atoms with E-state index in [9.17, 15) is 4.79 Å². The molecule has 3 aromatic rings. The van der Waals surface area contributed by atoms with Gasteiger partial charge in [-0.25, -0.2) is 4.98 Å². The van der Waals surface area contributed by atoms with Crippen molar-refractivity contribution in [3.63, 3.8) is 0 Å². The van der Waals surface area contributed by atoms with E-state index in [2.05, 4.69) is 36.4 Å². The summed E-state index contributed by atoms with van der Waals surface area (Å²) >= 11 is 4.63. The van der Waals surface area contributed by atoms with Crippen LogP contribution >= 0.6 is 27.7 Å². The lowest BCUT2D eigenvalue weighted by molar-refractivity contribution is -0.113. The van der Waals surface area contributed by atoms with Gasteiger partial charge in [-0.05, 0) is 48.5 Å². The summed E-state index contributed by atoms with van der Waals surface area (Å²) in [6.45, 7) is 0. The van der Waals surface area contributed by atoms with Crippen molar-refractivity contribution in [2.45, 2.75) is 5.16 Å². The van der Waals surface area contributed by atoms with E-state index in [1.807, 2.05) is 48.5 Å². The Labute approximate surface area is 157 Å². The number of ether oxygens (including phenoxy) is 1. The molecule has 0 saturated heterocycles. The number of methoxy groups -OCH3 is 1. The quantitative estimate of drug-likeness (QED) is 0.591. The molecule has 0 atom stereocenters. The number of hydrogen-bond acceptors (Lipinski definition) is 5. The minimum Gasteiger partial charge on any atom is -0.497 e. The molecule has 2 N–H and O–H groups in total. The molecule has 25 heavy (non-hydrogen) atoms. The van der Waals surface area contributed by atoms with Crippen LogP contribution in [0.3, 0.4) is 0 Å². The first-order chi connectivity index (χ1) is 12.1. The van der Waals surface area contributed by atoms with Gasteiger partial charge < -0.3 is 10.1 Å². The van der Waals surface area contributed by atoms with E-state index in [0.717, 1.165) is 21.5 Å². The third-order valence-electron chi connectivity index (χ3n) is 3.29. The molecule has 0 radical (unpaired) electrons. The highest BCUT2D eigenvalue weighted by Crippen LogP contribution is 2.22. The van der Waals surface area contributed by atoms with Crippen LogP contribution in [-0.2, 0) is 4.79 Å². The fraction of sp³-hybridized carbons (Fsp3) is 0.118. The lowest BCUT2D eigenvalue weighted by Crippen LogP contribution is -2.13. The number of rotatable bonds is 6. The van der Waals surface area contributed by atoms with Gasteiger partial charge in [-0.2, -0.15) is 0 Å². The van der Waals surface area contributed by atoms with Gasteiger partial charge in [0.25, 0.3) is 0 Å². The Bertz CT molecular complexity index is 850. The molecule has 2 aromatic carbocycles. The first kappa shape index (κ1) is 17.5. The van der Waals surface area contributed by atoms with Crippen molar-refractivity contribution < 1.29 is 9.53 Å². The van der Waals surface area contributed by atoms with Crippen LogP contribution in [-0.4, -0.2) is 34.0 Å². The van der Waals surface area contributed by atoms with Gasteiger partial charge in [-0.15, -0.1) is 5.10 Å². The van der Waals surface area contributed by atoms with Crippen LogP contribution in [0.15, 0.2) is 58.2 Å². The number of H-pyrrole nitrogens is 1. The number of aromatic nitrogens is 3. The molecule has 1 aromatic heterocycles. The lowest BCUT2D eigenvalue weighted by atomic mass is 10.2. The molecule has 1 amide bonds. The number of amides is 1. The fourth-order valence-electron chi connectivity index (χ4n) is 2.05. The normalized spacial score (nSPS) is 10.5. The van der Waals surface area contributed by atoms with E-state index in [4.69, 9.17) is 4.74 Å². The van der Waals surface area contributed by atoms with Gasteiger partial charge >= 0.3 is 0 Å². The molecular formula is C17H15BrN4O2S. The average molecular weight is 419 g/mol. The topological polar surface area (TPSA) is 79.9 Å². The van der Waals surface area contributed by atoms with Crippen molar-refractivity contribution in [2.75, 3.05) is 18.2 Å². The van der Waals surface area contributed by atoms with Gasteiger partial charge in [-0.1, -0.05) is 27.7 Å². The highest BCUT2D eigenvalue weighted by molar-refractivity contribution is 9.10. The fourth-order valence-corrected chi connectivity index (χ4v) is 2.91. The zero-order valence-corrected chi connectivity index (χ0v) is 15.7. The second-order valence-electron chi connectivity index (χ2n) is 5.04. The summed E-state index contributed by atoms with van der Waals surface area (Å²) in [4.78, 5) is 16.4. The number of anilines is 1. The summed E-state index contributed by atoms with van der Waals surface area (Å²) in [6.07, 6.45) is 0. The molecule has 0 bridgehead atoms. The Balaban J connectivity index is 1.55. The zero-order valence-electron chi connectivity index (χ0n) is 13.3. The number of aromatic amines is 1. The summed E-state index contributed by atoms with van der Waals surface area (Å²) in [7, 11) is 1.62. The molecule has 0 spiro atoms. The number of carbonyl (C=O) groups is 1. The van der Waals surface area contributed by atoms with Crippen molar-refractivity contribution in [3.8, 4) is 17.1 Å². The van der Waals surface area contributed by atoms with Gasteiger partial charge in [0.2, 0.25) is 11.1 Å². The largest absolute Gasteiger partial charge is 0.497 e. The number of halogens is 1. The van der Waals surface area contributed by atoms with Crippen LogP contribution in [0.4, 0.5) is 5.69 Å². The molecule has 0 unspecified atom stereocenters. The molecule has 6 nitrogen and oxygen atoms in total. The molecule has 3 rings (SSSR count). The van der Waals surface area contributed by atoms with E-state index >= 15 is 0 Å². The summed E-state index contributed by atoms with van der Waals surface area (Å²) in [5.74, 6) is 1.56. The van der Waals surface area contributed by atoms with E-state index in [1.165, 1.54) is 11.8 Å². The number of benzene rings is 2. The highest BCUT2D eigenvalue weighted by atomic mass is 79.9. The summed E-state index contributed by atoms with van der Waals surface area (Å²) in [5, 5.41) is 10.4. The van der Waals surface area contributed by atoms with Crippen LogP contribution in [0.2, 0.25) is 0 Å². The second kappa shape index (κ2) is 8.17. The van der Waals surface area contributed by atoms with Crippen molar-refractivity contribution in [1.82, 2.24) is 15.2 Å². The number of hydrogen-bond donors (Lipinski definition) is 2. The van der Waals surface area contributed by atoms with E-state index in [0.29, 0.717) is 11.0 Å². The molecule has 1 heterocycles. The van der Waals surface area contributed by atoms with Crippen LogP contribution in [0.1, 0.15) is 0 Å². The maximum absolute atomic E-state index is 12.0. The Morgan fingerprint density at radius 3 is 2.60 bits per heavy atom. The first-order valence-corrected chi connectivity index (χ1v) is 9.17. The van der Waals surface area contributed by atoms with Gasteiger partial charge in [0.15, 0.2) is 5.82 Å². The van der Waals surface area contributed by atoms with Crippen LogP contribution in [0, 0.1) is 0 Å². The zero-order chi connectivity index (χ0) is 17.6. The van der Waals surface area contributed by atoms with Gasteiger partial charge in [0.05, 0.1) is 12.9 Å². The van der Waals surface area contributed by atoms with Crippen molar-refractivity contribution in [2.24, 2.45) is 0 Å². The molecule has 0 saturated carbocycles. The minimum atomic E-state index is -0.108. The third kappa shape index (κ3) is 4.83. The van der Waals surface area contributed by atoms with Crippen molar-refractivity contribution in [1.29, 1.82) is 0 Å². The van der Waals surface area contributed by atoms with E-state index in [-0.39, 0.29) is 11.7 Å². The van der Waals surface area contributed by atoms with Crippen molar-refractivity contribution in [3.05, 3.63) is 53.0 Å². The number of nitrogens with one attached hydrogen (secondary N) is 2. The lowest BCUT2D eigenvalue weighted by Gasteiger charge is -2.03. The van der Waals surface area contributed by atoms with E-state index < -0.39 is 0 Å². The summed E-state index contributed by atoms with van der Waals surface area (Å²) in [5.41, 5.74) is 1.65.